The zero-order valence-electron chi connectivity index (χ0n) is 10.9. The Morgan fingerprint density at radius 3 is 2.71 bits per heavy atom. The van der Waals surface area contributed by atoms with Gasteiger partial charge in [0.1, 0.15) is 0 Å². The van der Waals surface area contributed by atoms with Gasteiger partial charge in [-0.2, -0.15) is 0 Å². The minimum absolute atomic E-state index is 0.424. The summed E-state index contributed by atoms with van der Waals surface area (Å²) in [5.41, 5.74) is 6.76. The highest BCUT2D eigenvalue weighted by Gasteiger charge is 2.10. The maximum atomic E-state index is 11.0. The van der Waals surface area contributed by atoms with Crippen LogP contribution in [0.3, 0.4) is 0 Å². The van der Waals surface area contributed by atoms with Crippen molar-refractivity contribution >= 4 is 29.0 Å². The Bertz CT molecular complexity index is 736. The minimum Gasteiger partial charge on any atom is -0.410 e. The van der Waals surface area contributed by atoms with E-state index in [0.717, 1.165) is 10.4 Å². The Kier molecular flexibility index (Phi) is 4.03. The number of nitrogens with zero attached hydrogens (tertiary/aromatic N) is 2. The fourth-order valence-corrected chi connectivity index (χ4v) is 3.04. The predicted octanol–water partition coefficient (Wildman–Crippen LogP) is 3.19. The van der Waals surface area contributed by atoms with Gasteiger partial charge in [0, 0.05) is 11.3 Å². The van der Waals surface area contributed by atoms with E-state index < -0.39 is 5.91 Å². The topological polar surface area (TPSA) is 82.0 Å². The lowest BCUT2D eigenvalue weighted by molar-refractivity contribution is 0.100. The molecule has 2 N–H and O–H groups in total. The van der Waals surface area contributed by atoms with Crippen LogP contribution >= 0.6 is 23.1 Å². The van der Waals surface area contributed by atoms with E-state index in [4.69, 9.17) is 10.2 Å². The largest absolute Gasteiger partial charge is 0.410 e. The number of amides is 1. The first kappa shape index (κ1) is 13.8. The normalized spacial score (nSPS) is 10.7. The first-order valence-electron chi connectivity index (χ1n) is 6.11. The highest BCUT2D eigenvalue weighted by Crippen LogP contribution is 2.28. The van der Waals surface area contributed by atoms with Gasteiger partial charge in [0.05, 0.1) is 4.88 Å². The van der Waals surface area contributed by atoms with Crippen LogP contribution in [0.4, 0.5) is 0 Å². The molecular formula is C14H11N3O2S2. The molecule has 21 heavy (non-hydrogen) atoms. The third-order valence-corrected chi connectivity index (χ3v) is 4.49. The van der Waals surface area contributed by atoms with Gasteiger partial charge in [-0.15, -0.1) is 21.5 Å². The van der Waals surface area contributed by atoms with E-state index >= 15 is 0 Å². The number of carbonyl (C=O) groups is 1. The van der Waals surface area contributed by atoms with Gasteiger partial charge >= 0.3 is 0 Å². The molecule has 3 aromatic rings. The average Bonchev–Trinajstić information content (AvgIpc) is 3.16. The van der Waals surface area contributed by atoms with Crippen LogP contribution in [0.1, 0.15) is 15.9 Å². The zero-order chi connectivity index (χ0) is 14.7. The van der Waals surface area contributed by atoms with Gasteiger partial charge in [0.15, 0.2) is 0 Å². The van der Waals surface area contributed by atoms with Gasteiger partial charge in [-0.1, -0.05) is 30.0 Å². The number of carbonyl (C=O) groups excluding carboxylic acids is 1. The summed E-state index contributed by atoms with van der Waals surface area (Å²) in [7, 11) is 0. The Morgan fingerprint density at radius 2 is 2.05 bits per heavy atom. The number of hydrogen-bond acceptors (Lipinski definition) is 6. The fourth-order valence-electron chi connectivity index (χ4n) is 1.68. The summed E-state index contributed by atoms with van der Waals surface area (Å²) in [5, 5.41) is 10.5. The molecule has 0 unspecified atom stereocenters. The van der Waals surface area contributed by atoms with Crippen LogP contribution < -0.4 is 5.73 Å². The molecule has 3 rings (SSSR count). The monoisotopic (exact) mass is 317 g/mol. The number of aromatic nitrogens is 2. The number of rotatable bonds is 5. The summed E-state index contributed by atoms with van der Waals surface area (Å²) in [6.07, 6.45) is 0. The molecule has 0 saturated heterocycles. The molecule has 7 heteroatoms. The van der Waals surface area contributed by atoms with Crippen molar-refractivity contribution in [3.05, 3.63) is 52.9 Å². The second-order valence-electron chi connectivity index (χ2n) is 4.20. The lowest BCUT2D eigenvalue weighted by Crippen LogP contribution is -2.10. The molecule has 106 valence electrons. The van der Waals surface area contributed by atoms with Gasteiger partial charge in [-0.05, 0) is 29.1 Å². The van der Waals surface area contributed by atoms with E-state index in [1.165, 1.54) is 11.8 Å². The molecule has 1 amide bonds. The quantitative estimate of drug-likeness (QED) is 0.731. The van der Waals surface area contributed by atoms with E-state index in [1.54, 1.807) is 23.5 Å². The Labute approximate surface area is 129 Å². The lowest BCUT2D eigenvalue weighted by Gasteiger charge is -1.99. The van der Waals surface area contributed by atoms with Crippen molar-refractivity contribution in [1.29, 1.82) is 0 Å². The Balaban J connectivity index is 1.64. The standard InChI is InChI=1S/C14H11N3O2S2/c15-12(18)10-5-3-9(4-6-10)8-21-14-17-16-13(19-14)11-2-1-7-20-11/h1-7H,8H2,(H2,15,18). The molecule has 0 spiro atoms. The van der Waals surface area contributed by atoms with E-state index in [2.05, 4.69) is 10.2 Å². The second kappa shape index (κ2) is 6.11. The molecule has 0 bridgehead atoms. The number of thioether (sulfide) groups is 1. The molecule has 0 aliphatic rings. The number of nitrogens with two attached hydrogens (primary N) is 1. The van der Waals surface area contributed by atoms with Gasteiger partial charge in [0.2, 0.25) is 5.91 Å². The fraction of sp³-hybridized carbons (Fsp3) is 0.0714. The van der Waals surface area contributed by atoms with Gasteiger partial charge < -0.3 is 10.2 Å². The lowest BCUT2D eigenvalue weighted by atomic mass is 10.1. The third-order valence-electron chi connectivity index (χ3n) is 2.74. The molecule has 0 radical (unpaired) electrons. The third kappa shape index (κ3) is 3.32. The number of primary amides is 1. The zero-order valence-corrected chi connectivity index (χ0v) is 12.5. The van der Waals surface area contributed by atoms with Crippen LogP contribution in [0.25, 0.3) is 10.8 Å². The van der Waals surface area contributed by atoms with Crippen LogP contribution in [0.5, 0.6) is 0 Å². The maximum Gasteiger partial charge on any atom is 0.277 e. The SMILES string of the molecule is NC(=O)c1ccc(CSc2nnc(-c3cccs3)o2)cc1. The molecule has 0 aliphatic carbocycles. The summed E-state index contributed by atoms with van der Waals surface area (Å²) in [6.45, 7) is 0. The molecule has 0 aliphatic heterocycles. The second-order valence-corrected chi connectivity index (χ2v) is 6.07. The van der Waals surface area contributed by atoms with E-state index in [9.17, 15) is 4.79 Å². The van der Waals surface area contributed by atoms with E-state index in [0.29, 0.717) is 22.4 Å². The highest BCUT2D eigenvalue weighted by atomic mass is 32.2. The van der Waals surface area contributed by atoms with Crippen molar-refractivity contribution in [2.45, 2.75) is 11.0 Å². The van der Waals surface area contributed by atoms with Crippen molar-refractivity contribution in [2.75, 3.05) is 0 Å². The summed E-state index contributed by atoms with van der Waals surface area (Å²) in [6, 6.07) is 11.0. The van der Waals surface area contributed by atoms with Crippen molar-refractivity contribution in [3.63, 3.8) is 0 Å². The Morgan fingerprint density at radius 1 is 1.24 bits per heavy atom. The molecular weight excluding hydrogens is 306 g/mol. The number of thiophene rings is 1. The average molecular weight is 317 g/mol. The van der Waals surface area contributed by atoms with Crippen molar-refractivity contribution in [3.8, 4) is 10.8 Å². The molecule has 2 aromatic heterocycles. The van der Waals surface area contributed by atoms with Gasteiger partial charge in [0.25, 0.3) is 11.1 Å². The van der Waals surface area contributed by atoms with Gasteiger partial charge in [-0.3, -0.25) is 4.79 Å². The molecule has 0 atom stereocenters. The summed E-state index contributed by atoms with van der Waals surface area (Å²) < 4.78 is 5.59. The molecule has 2 heterocycles. The summed E-state index contributed by atoms with van der Waals surface area (Å²) in [5.74, 6) is 0.800. The maximum absolute atomic E-state index is 11.0. The van der Waals surface area contributed by atoms with E-state index in [1.807, 2.05) is 29.6 Å². The van der Waals surface area contributed by atoms with Crippen molar-refractivity contribution in [2.24, 2.45) is 5.73 Å². The number of benzene rings is 1. The predicted molar refractivity (Wildman–Crippen MR) is 82.1 cm³/mol. The smallest absolute Gasteiger partial charge is 0.277 e. The molecule has 1 aromatic carbocycles. The van der Waals surface area contributed by atoms with Crippen LogP contribution in [-0.2, 0) is 5.75 Å². The van der Waals surface area contributed by atoms with Crippen molar-refractivity contribution in [1.82, 2.24) is 10.2 Å². The molecule has 0 fully saturated rings. The number of hydrogen-bond donors (Lipinski definition) is 1. The summed E-state index contributed by atoms with van der Waals surface area (Å²) in [4.78, 5) is 12.0. The Hall–Kier alpha value is -2.12. The summed E-state index contributed by atoms with van der Waals surface area (Å²) >= 11 is 3.01. The van der Waals surface area contributed by atoms with Crippen LogP contribution in [0.15, 0.2) is 51.4 Å². The van der Waals surface area contributed by atoms with Crippen LogP contribution in [0.2, 0.25) is 0 Å². The molecule has 5 nitrogen and oxygen atoms in total. The highest BCUT2D eigenvalue weighted by molar-refractivity contribution is 7.98. The van der Waals surface area contributed by atoms with Crippen LogP contribution in [-0.4, -0.2) is 16.1 Å². The first-order valence-corrected chi connectivity index (χ1v) is 7.98. The van der Waals surface area contributed by atoms with Crippen molar-refractivity contribution < 1.29 is 9.21 Å². The van der Waals surface area contributed by atoms with E-state index in [-0.39, 0.29) is 0 Å². The molecule has 0 saturated carbocycles. The first-order chi connectivity index (χ1) is 10.2. The minimum atomic E-state index is -0.424. The van der Waals surface area contributed by atoms with Crippen LogP contribution in [0, 0.1) is 0 Å². The van der Waals surface area contributed by atoms with Gasteiger partial charge in [-0.25, -0.2) is 0 Å².